The van der Waals surface area contributed by atoms with Crippen molar-refractivity contribution >= 4 is 5.78 Å². The SMILES string of the molecule is O=C(C=CC1C=CC(O)=CC1)c1c(O)cc(O)cc1O. The third-order valence-corrected chi connectivity index (χ3v) is 2.94. The Labute approximate surface area is 115 Å². The topological polar surface area (TPSA) is 98.0 Å². The number of aliphatic hydroxyl groups is 1. The van der Waals surface area contributed by atoms with E-state index in [-0.39, 0.29) is 23.0 Å². The number of aromatic hydroxyl groups is 3. The first-order valence-electron chi connectivity index (χ1n) is 6.02. The largest absolute Gasteiger partial charge is 0.508 e. The number of aliphatic hydroxyl groups excluding tert-OH is 1. The molecule has 104 valence electrons. The summed E-state index contributed by atoms with van der Waals surface area (Å²) in [5, 5.41) is 37.5. The molecule has 2 rings (SSSR count). The van der Waals surface area contributed by atoms with Gasteiger partial charge in [0.2, 0.25) is 0 Å². The monoisotopic (exact) mass is 274 g/mol. The van der Waals surface area contributed by atoms with E-state index in [1.54, 1.807) is 24.3 Å². The van der Waals surface area contributed by atoms with Gasteiger partial charge in [-0.25, -0.2) is 0 Å². The van der Waals surface area contributed by atoms with Crippen LogP contribution in [0.25, 0.3) is 0 Å². The molecule has 0 fully saturated rings. The van der Waals surface area contributed by atoms with Gasteiger partial charge < -0.3 is 20.4 Å². The predicted molar refractivity (Wildman–Crippen MR) is 72.9 cm³/mol. The van der Waals surface area contributed by atoms with Crippen LogP contribution >= 0.6 is 0 Å². The van der Waals surface area contributed by atoms with Crippen LogP contribution in [0.2, 0.25) is 0 Å². The van der Waals surface area contributed by atoms with Crippen molar-refractivity contribution in [2.45, 2.75) is 6.42 Å². The lowest BCUT2D eigenvalue weighted by Gasteiger charge is -2.09. The summed E-state index contributed by atoms with van der Waals surface area (Å²) in [5.41, 5.74) is -0.253. The third kappa shape index (κ3) is 3.00. The highest BCUT2D eigenvalue weighted by atomic mass is 16.3. The quantitative estimate of drug-likeness (QED) is 0.501. The van der Waals surface area contributed by atoms with E-state index in [1.807, 2.05) is 0 Å². The van der Waals surface area contributed by atoms with Gasteiger partial charge in [-0.15, -0.1) is 0 Å². The van der Waals surface area contributed by atoms with Crippen molar-refractivity contribution in [2.75, 3.05) is 0 Å². The maximum Gasteiger partial charge on any atom is 0.193 e. The van der Waals surface area contributed by atoms with Gasteiger partial charge >= 0.3 is 0 Å². The smallest absolute Gasteiger partial charge is 0.193 e. The number of ketones is 1. The van der Waals surface area contributed by atoms with E-state index in [1.165, 1.54) is 6.08 Å². The first-order chi connectivity index (χ1) is 9.47. The Kier molecular flexibility index (Phi) is 3.79. The van der Waals surface area contributed by atoms with E-state index >= 15 is 0 Å². The van der Waals surface area contributed by atoms with Crippen LogP contribution < -0.4 is 0 Å². The van der Waals surface area contributed by atoms with Crippen molar-refractivity contribution < 1.29 is 25.2 Å². The Hall–Kier alpha value is -2.69. The lowest BCUT2D eigenvalue weighted by molar-refractivity contribution is 0.104. The second kappa shape index (κ2) is 5.52. The molecule has 0 saturated heterocycles. The van der Waals surface area contributed by atoms with Gasteiger partial charge in [0.1, 0.15) is 28.6 Å². The standard InChI is InChI=1S/C15H14O5/c16-10-4-1-9(2-5-10)3-6-12(18)15-13(19)7-11(17)8-14(15)20/h1,3-9,16-17,19-20H,2H2. The Bertz CT molecular complexity index is 602. The van der Waals surface area contributed by atoms with Crippen molar-refractivity contribution in [3.63, 3.8) is 0 Å². The van der Waals surface area contributed by atoms with E-state index in [2.05, 4.69) is 0 Å². The summed E-state index contributed by atoms with van der Waals surface area (Å²) in [4.78, 5) is 11.9. The summed E-state index contributed by atoms with van der Waals surface area (Å²) >= 11 is 0. The molecule has 4 N–H and O–H groups in total. The number of carbonyl (C=O) groups excluding carboxylic acids is 1. The first kappa shape index (κ1) is 13.7. The first-order valence-corrected chi connectivity index (χ1v) is 6.02. The van der Waals surface area contributed by atoms with Crippen molar-refractivity contribution in [3.8, 4) is 17.2 Å². The number of rotatable bonds is 3. The highest BCUT2D eigenvalue weighted by Gasteiger charge is 2.16. The van der Waals surface area contributed by atoms with Crippen LogP contribution in [-0.4, -0.2) is 26.2 Å². The summed E-state index contributed by atoms with van der Waals surface area (Å²) in [7, 11) is 0. The molecule has 1 unspecified atom stereocenters. The van der Waals surface area contributed by atoms with Gasteiger partial charge in [0, 0.05) is 12.1 Å². The zero-order valence-corrected chi connectivity index (χ0v) is 10.5. The minimum absolute atomic E-state index is 0.0312. The maximum atomic E-state index is 11.9. The zero-order chi connectivity index (χ0) is 14.7. The Morgan fingerprint density at radius 1 is 1.15 bits per heavy atom. The predicted octanol–water partition coefficient (Wildman–Crippen LogP) is 2.56. The van der Waals surface area contributed by atoms with Crippen LogP contribution in [-0.2, 0) is 0 Å². The fourth-order valence-corrected chi connectivity index (χ4v) is 1.91. The minimum Gasteiger partial charge on any atom is -0.508 e. The van der Waals surface area contributed by atoms with Gasteiger partial charge in [-0.05, 0) is 30.6 Å². The van der Waals surface area contributed by atoms with E-state index in [0.29, 0.717) is 6.42 Å². The molecule has 0 aromatic heterocycles. The number of hydrogen-bond donors (Lipinski definition) is 4. The molecule has 0 amide bonds. The molecule has 1 aromatic rings. The molecule has 0 spiro atoms. The van der Waals surface area contributed by atoms with Crippen LogP contribution in [0.15, 0.2) is 48.3 Å². The number of hydrogen-bond acceptors (Lipinski definition) is 5. The molecule has 1 atom stereocenters. The molecule has 1 aliphatic carbocycles. The summed E-state index contributed by atoms with van der Waals surface area (Å²) in [6.07, 6.45) is 8.35. The van der Waals surface area contributed by atoms with Crippen molar-refractivity contribution in [2.24, 2.45) is 5.92 Å². The lowest BCUT2D eigenvalue weighted by atomic mass is 9.98. The number of allylic oxidation sites excluding steroid dienone is 5. The summed E-state index contributed by atoms with van der Waals surface area (Å²) in [5.74, 6) is -1.68. The molecule has 5 heteroatoms. The van der Waals surface area contributed by atoms with E-state index in [0.717, 1.165) is 12.1 Å². The molecule has 1 aromatic carbocycles. The van der Waals surface area contributed by atoms with Crippen molar-refractivity contribution in [3.05, 3.63) is 53.8 Å². The number of carbonyl (C=O) groups is 1. The van der Waals surface area contributed by atoms with Crippen molar-refractivity contribution in [1.29, 1.82) is 0 Å². The molecule has 0 saturated carbocycles. The summed E-state index contributed by atoms with van der Waals surface area (Å²) in [6.45, 7) is 0. The second-order valence-corrected chi connectivity index (χ2v) is 4.47. The second-order valence-electron chi connectivity index (χ2n) is 4.47. The molecule has 0 heterocycles. The van der Waals surface area contributed by atoms with Crippen LogP contribution in [0.1, 0.15) is 16.8 Å². The number of benzene rings is 1. The van der Waals surface area contributed by atoms with Gasteiger partial charge in [0.05, 0.1) is 0 Å². The molecule has 0 aliphatic heterocycles. The normalized spacial score (nSPS) is 18.2. The Balaban J connectivity index is 2.15. The third-order valence-electron chi connectivity index (χ3n) is 2.94. The van der Waals surface area contributed by atoms with Crippen molar-refractivity contribution in [1.82, 2.24) is 0 Å². The molecule has 0 bridgehead atoms. The van der Waals surface area contributed by atoms with Crippen LogP contribution in [0.3, 0.4) is 0 Å². The van der Waals surface area contributed by atoms with Crippen LogP contribution in [0, 0.1) is 5.92 Å². The Morgan fingerprint density at radius 2 is 1.80 bits per heavy atom. The van der Waals surface area contributed by atoms with Gasteiger partial charge in [-0.1, -0.05) is 12.2 Å². The molecule has 1 aliphatic rings. The highest BCUT2D eigenvalue weighted by Crippen LogP contribution is 2.32. The van der Waals surface area contributed by atoms with Crippen LogP contribution in [0.5, 0.6) is 17.2 Å². The van der Waals surface area contributed by atoms with Gasteiger partial charge in [-0.3, -0.25) is 4.79 Å². The van der Waals surface area contributed by atoms with E-state index in [9.17, 15) is 25.2 Å². The van der Waals surface area contributed by atoms with E-state index < -0.39 is 17.3 Å². The van der Waals surface area contributed by atoms with Gasteiger partial charge in [-0.2, -0.15) is 0 Å². The van der Waals surface area contributed by atoms with Crippen LogP contribution in [0.4, 0.5) is 0 Å². The fraction of sp³-hybridized carbons (Fsp3) is 0.133. The average Bonchev–Trinajstić information content (AvgIpc) is 2.37. The number of phenolic OH excluding ortho intramolecular Hbond substituents is 3. The molecule has 0 radical (unpaired) electrons. The summed E-state index contributed by atoms with van der Waals surface area (Å²) in [6, 6.07) is 1.98. The molecular weight excluding hydrogens is 260 g/mol. The Morgan fingerprint density at radius 3 is 2.35 bits per heavy atom. The fourth-order valence-electron chi connectivity index (χ4n) is 1.91. The molecule has 5 nitrogen and oxygen atoms in total. The minimum atomic E-state index is -0.563. The lowest BCUT2D eigenvalue weighted by Crippen LogP contribution is -2.00. The maximum absolute atomic E-state index is 11.9. The average molecular weight is 274 g/mol. The number of phenols is 3. The molecule has 20 heavy (non-hydrogen) atoms. The molecular formula is C15H14O5. The summed E-state index contributed by atoms with van der Waals surface area (Å²) < 4.78 is 0. The van der Waals surface area contributed by atoms with Gasteiger partial charge in [0.15, 0.2) is 5.78 Å². The van der Waals surface area contributed by atoms with E-state index in [4.69, 9.17) is 0 Å². The zero-order valence-electron chi connectivity index (χ0n) is 10.5. The van der Waals surface area contributed by atoms with Gasteiger partial charge in [0.25, 0.3) is 0 Å². The highest BCUT2D eigenvalue weighted by molar-refractivity contribution is 6.08.